The topological polar surface area (TPSA) is 41.1 Å². The number of hydrogen-bond acceptors (Lipinski definition) is 2. The smallest absolute Gasteiger partial charge is 0.252 e. The molecule has 0 radical (unpaired) electrons. The molecular weight excluding hydrogens is 348 g/mol. The molecule has 0 aromatic heterocycles. The van der Waals surface area contributed by atoms with Gasteiger partial charge in [-0.25, -0.2) is 0 Å². The summed E-state index contributed by atoms with van der Waals surface area (Å²) in [5, 5.41) is 6.11. The Balaban J connectivity index is 2.49. The van der Waals surface area contributed by atoms with Crippen molar-refractivity contribution in [2.24, 2.45) is 0 Å². The van der Waals surface area contributed by atoms with Crippen LogP contribution >= 0.6 is 31.9 Å². The van der Waals surface area contributed by atoms with Crippen molar-refractivity contribution in [2.75, 3.05) is 13.1 Å². The third-order valence-corrected chi connectivity index (χ3v) is 3.32. The van der Waals surface area contributed by atoms with Gasteiger partial charge in [-0.2, -0.15) is 0 Å². The maximum Gasteiger partial charge on any atom is 0.252 e. The summed E-state index contributed by atoms with van der Waals surface area (Å²) in [6, 6.07) is 5.98. The van der Waals surface area contributed by atoms with Gasteiger partial charge in [0.15, 0.2) is 0 Å². The lowest BCUT2D eigenvalue weighted by Crippen LogP contribution is -2.34. The molecule has 0 spiro atoms. The van der Waals surface area contributed by atoms with E-state index in [2.05, 4.69) is 56.3 Å². The second kappa shape index (κ2) is 7.13. The van der Waals surface area contributed by atoms with Crippen LogP contribution in [0, 0.1) is 0 Å². The number of benzene rings is 1. The fourth-order valence-corrected chi connectivity index (χ4v) is 2.09. The van der Waals surface area contributed by atoms with Gasteiger partial charge in [0.25, 0.3) is 5.91 Å². The van der Waals surface area contributed by atoms with Crippen molar-refractivity contribution in [3.05, 3.63) is 32.7 Å². The summed E-state index contributed by atoms with van der Waals surface area (Å²) in [4.78, 5) is 11.9. The summed E-state index contributed by atoms with van der Waals surface area (Å²) in [5.41, 5.74) is 0.643. The van der Waals surface area contributed by atoms with E-state index in [4.69, 9.17) is 0 Å². The second-order valence-corrected chi connectivity index (χ2v) is 5.76. The maximum atomic E-state index is 11.9. The van der Waals surface area contributed by atoms with Crippen LogP contribution in [0.2, 0.25) is 0 Å². The molecule has 0 unspecified atom stereocenters. The van der Waals surface area contributed by atoms with Crippen molar-refractivity contribution in [1.29, 1.82) is 0 Å². The molecule has 3 nitrogen and oxygen atoms in total. The van der Waals surface area contributed by atoms with Crippen LogP contribution in [0.3, 0.4) is 0 Å². The van der Waals surface area contributed by atoms with Crippen molar-refractivity contribution >= 4 is 37.8 Å². The van der Waals surface area contributed by atoms with Crippen molar-refractivity contribution in [1.82, 2.24) is 10.6 Å². The fraction of sp³-hybridized carbons (Fsp3) is 0.417. The van der Waals surface area contributed by atoms with E-state index in [1.54, 1.807) is 6.07 Å². The molecule has 17 heavy (non-hydrogen) atoms. The van der Waals surface area contributed by atoms with Crippen LogP contribution in [0.4, 0.5) is 0 Å². The molecule has 0 aliphatic heterocycles. The van der Waals surface area contributed by atoms with Gasteiger partial charge in [0, 0.05) is 28.1 Å². The van der Waals surface area contributed by atoms with Crippen LogP contribution in [0.25, 0.3) is 0 Å². The second-order valence-electron chi connectivity index (χ2n) is 3.99. The Morgan fingerprint density at radius 3 is 2.65 bits per heavy atom. The Morgan fingerprint density at radius 1 is 1.29 bits per heavy atom. The lowest BCUT2D eigenvalue weighted by atomic mass is 10.2. The molecule has 0 saturated heterocycles. The summed E-state index contributed by atoms with van der Waals surface area (Å²) in [7, 11) is 0. The highest BCUT2D eigenvalue weighted by Crippen LogP contribution is 2.21. The average Bonchev–Trinajstić information content (AvgIpc) is 2.27. The molecule has 0 aliphatic carbocycles. The van der Waals surface area contributed by atoms with Crippen molar-refractivity contribution in [3.8, 4) is 0 Å². The normalized spacial score (nSPS) is 10.6. The van der Waals surface area contributed by atoms with Crippen LogP contribution in [0.5, 0.6) is 0 Å². The van der Waals surface area contributed by atoms with Gasteiger partial charge < -0.3 is 10.6 Å². The number of nitrogens with one attached hydrogen (secondary N) is 2. The molecule has 5 heteroatoms. The monoisotopic (exact) mass is 362 g/mol. The molecule has 0 heterocycles. The average molecular weight is 364 g/mol. The molecule has 0 saturated carbocycles. The van der Waals surface area contributed by atoms with Gasteiger partial charge in [-0.15, -0.1) is 0 Å². The van der Waals surface area contributed by atoms with E-state index >= 15 is 0 Å². The van der Waals surface area contributed by atoms with E-state index < -0.39 is 0 Å². The standard InChI is InChI=1S/C12H16Br2N2O/c1-8(2)15-5-6-16-12(17)10-7-9(13)3-4-11(10)14/h3-4,7-8,15H,5-6H2,1-2H3,(H,16,17). The lowest BCUT2D eigenvalue weighted by Gasteiger charge is -2.10. The largest absolute Gasteiger partial charge is 0.351 e. The molecule has 0 bridgehead atoms. The zero-order valence-electron chi connectivity index (χ0n) is 9.89. The zero-order valence-corrected chi connectivity index (χ0v) is 13.1. The molecule has 0 aliphatic rings. The van der Waals surface area contributed by atoms with E-state index in [0.717, 1.165) is 15.5 Å². The maximum absolute atomic E-state index is 11.9. The molecule has 1 aromatic carbocycles. The number of amides is 1. The molecule has 0 atom stereocenters. The molecular formula is C12H16Br2N2O. The summed E-state index contributed by atoms with van der Waals surface area (Å²) in [6.45, 7) is 5.55. The van der Waals surface area contributed by atoms with Gasteiger partial charge in [0.1, 0.15) is 0 Å². The van der Waals surface area contributed by atoms with E-state index in [9.17, 15) is 4.79 Å². The van der Waals surface area contributed by atoms with Gasteiger partial charge in [-0.3, -0.25) is 4.79 Å². The van der Waals surface area contributed by atoms with Crippen molar-refractivity contribution in [2.45, 2.75) is 19.9 Å². The lowest BCUT2D eigenvalue weighted by molar-refractivity contribution is 0.0953. The number of carbonyl (C=O) groups excluding carboxylic acids is 1. The van der Waals surface area contributed by atoms with Crippen molar-refractivity contribution in [3.63, 3.8) is 0 Å². The van der Waals surface area contributed by atoms with Crippen LogP contribution < -0.4 is 10.6 Å². The predicted molar refractivity (Wildman–Crippen MR) is 77.3 cm³/mol. The van der Waals surface area contributed by atoms with E-state index in [0.29, 0.717) is 18.2 Å². The summed E-state index contributed by atoms with van der Waals surface area (Å²) in [6.07, 6.45) is 0. The van der Waals surface area contributed by atoms with Crippen LogP contribution in [0.1, 0.15) is 24.2 Å². The van der Waals surface area contributed by atoms with Gasteiger partial charge in [-0.1, -0.05) is 29.8 Å². The van der Waals surface area contributed by atoms with Crippen molar-refractivity contribution < 1.29 is 4.79 Å². The van der Waals surface area contributed by atoms with Crippen LogP contribution in [-0.4, -0.2) is 25.0 Å². The Morgan fingerprint density at radius 2 is 2.00 bits per heavy atom. The SMILES string of the molecule is CC(C)NCCNC(=O)c1cc(Br)ccc1Br. The highest BCUT2D eigenvalue weighted by Gasteiger charge is 2.09. The van der Waals surface area contributed by atoms with Gasteiger partial charge in [0.05, 0.1) is 5.56 Å². The number of halogens is 2. The van der Waals surface area contributed by atoms with Crippen LogP contribution in [-0.2, 0) is 0 Å². The van der Waals surface area contributed by atoms with E-state index in [1.165, 1.54) is 0 Å². The summed E-state index contributed by atoms with van der Waals surface area (Å²) >= 11 is 6.72. The zero-order chi connectivity index (χ0) is 12.8. The minimum atomic E-state index is -0.0660. The molecule has 0 fully saturated rings. The Bertz CT molecular complexity index is 394. The Labute approximate surface area is 119 Å². The molecule has 1 rings (SSSR count). The number of rotatable bonds is 5. The first-order valence-electron chi connectivity index (χ1n) is 5.47. The van der Waals surface area contributed by atoms with Crippen LogP contribution in [0.15, 0.2) is 27.1 Å². The minimum Gasteiger partial charge on any atom is -0.351 e. The summed E-state index contributed by atoms with van der Waals surface area (Å²) in [5.74, 6) is -0.0660. The quantitative estimate of drug-likeness (QED) is 0.789. The number of hydrogen-bond donors (Lipinski definition) is 2. The van der Waals surface area contributed by atoms with E-state index in [1.807, 2.05) is 12.1 Å². The van der Waals surface area contributed by atoms with E-state index in [-0.39, 0.29) is 5.91 Å². The van der Waals surface area contributed by atoms with Gasteiger partial charge in [-0.05, 0) is 34.1 Å². The first-order valence-corrected chi connectivity index (χ1v) is 7.06. The first kappa shape index (κ1) is 14.7. The molecule has 1 aromatic rings. The highest BCUT2D eigenvalue weighted by atomic mass is 79.9. The predicted octanol–water partition coefficient (Wildman–Crippen LogP) is 2.94. The molecule has 94 valence electrons. The Hall–Kier alpha value is -0.390. The van der Waals surface area contributed by atoms with Gasteiger partial charge in [0.2, 0.25) is 0 Å². The highest BCUT2D eigenvalue weighted by molar-refractivity contribution is 9.11. The third-order valence-electron chi connectivity index (χ3n) is 2.14. The Kier molecular flexibility index (Phi) is 6.16. The first-order chi connectivity index (χ1) is 8.00. The molecule has 2 N–H and O–H groups in total. The summed E-state index contributed by atoms with van der Waals surface area (Å²) < 4.78 is 1.70. The third kappa shape index (κ3) is 5.19. The van der Waals surface area contributed by atoms with Gasteiger partial charge >= 0.3 is 0 Å². The fourth-order valence-electron chi connectivity index (χ4n) is 1.30. The minimum absolute atomic E-state index is 0.0660. The number of carbonyl (C=O) groups is 1. The molecule has 1 amide bonds.